The minimum atomic E-state index is -4.65. The van der Waals surface area contributed by atoms with Crippen LogP contribution in [0.5, 0.6) is 5.88 Å². The summed E-state index contributed by atoms with van der Waals surface area (Å²) in [4.78, 5) is 11.8. The Morgan fingerprint density at radius 2 is 2.11 bits per heavy atom. The number of anilines is 1. The average Bonchev–Trinajstić information content (AvgIpc) is 3.25. The van der Waals surface area contributed by atoms with Crippen LogP contribution in [0.15, 0.2) is 35.8 Å². The third-order valence-electron chi connectivity index (χ3n) is 3.23. The summed E-state index contributed by atoms with van der Waals surface area (Å²) in [7, 11) is 0. The lowest BCUT2D eigenvalue weighted by atomic mass is 10.3. The molecule has 27 heavy (non-hydrogen) atoms. The summed E-state index contributed by atoms with van der Waals surface area (Å²) >= 11 is 7.18. The van der Waals surface area contributed by atoms with E-state index < -0.39 is 17.8 Å². The predicted octanol–water partition coefficient (Wildman–Crippen LogP) is 3.80. The topological polar surface area (TPSA) is 81.9 Å². The van der Waals surface area contributed by atoms with Crippen LogP contribution in [0, 0.1) is 0 Å². The van der Waals surface area contributed by atoms with E-state index in [1.54, 1.807) is 12.1 Å². The third kappa shape index (κ3) is 4.74. The van der Waals surface area contributed by atoms with Crippen LogP contribution in [0.4, 0.5) is 18.3 Å². The van der Waals surface area contributed by atoms with E-state index in [2.05, 4.69) is 20.6 Å². The van der Waals surface area contributed by atoms with Crippen LogP contribution in [0.3, 0.4) is 0 Å². The van der Waals surface area contributed by atoms with Crippen LogP contribution in [-0.4, -0.2) is 32.5 Å². The number of carbonyl (C=O) groups is 1. The summed E-state index contributed by atoms with van der Waals surface area (Å²) in [5.41, 5.74) is 0.547. The molecule has 1 aromatic carbocycles. The summed E-state index contributed by atoms with van der Waals surface area (Å²) in [5.74, 6) is -0.592. The molecule has 3 aromatic rings. The van der Waals surface area contributed by atoms with E-state index >= 15 is 0 Å². The lowest BCUT2D eigenvalue weighted by Gasteiger charge is -2.10. The van der Waals surface area contributed by atoms with Crippen LogP contribution in [0.2, 0.25) is 5.02 Å². The molecule has 0 aliphatic rings. The Morgan fingerprint density at radius 1 is 1.33 bits per heavy atom. The minimum Gasteiger partial charge on any atom is -0.477 e. The first-order valence-corrected chi connectivity index (χ1v) is 8.71. The van der Waals surface area contributed by atoms with E-state index in [1.807, 2.05) is 0 Å². The number of benzene rings is 1. The zero-order valence-corrected chi connectivity index (χ0v) is 15.0. The second-order valence-corrected chi connectivity index (χ2v) is 6.36. The van der Waals surface area contributed by atoms with Gasteiger partial charge in [-0.1, -0.05) is 35.1 Å². The van der Waals surface area contributed by atoms with Gasteiger partial charge in [0.15, 0.2) is 5.69 Å². The Kier molecular flexibility index (Phi) is 5.61. The highest BCUT2D eigenvalue weighted by atomic mass is 35.5. The molecule has 0 atom stereocenters. The fraction of sp³-hybridized carbons (Fsp3) is 0.200. The molecule has 0 saturated heterocycles. The molecule has 0 aliphatic heterocycles. The van der Waals surface area contributed by atoms with Crippen LogP contribution in [0.1, 0.15) is 12.1 Å². The molecule has 12 heteroatoms. The van der Waals surface area contributed by atoms with Crippen molar-refractivity contribution < 1.29 is 22.7 Å². The molecule has 0 radical (unpaired) electrons. The lowest BCUT2D eigenvalue weighted by molar-refractivity contribution is -0.141. The normalized spacial score (nSPS) is 11.4. The maximum atomic E-state index is 13.0. The first kappa shape index (κ1) is 19.1. The Balaban J connectivity index is 1.74. The Labute approximate surface area is 159 Å². The molecule has 0 aliphatic carbocycles. The molecule has 3 rings (SSSR count). The van der Waals surface area contributed by atoms with Crippen LogP contribution in [0.25, 0.3) is 5.69 Å². The number of carbonyl (C=O) groups excluding carboxylic acids is 1. The number of aromatic nitrogens is 4. The van der Waals surface area contributed by atoms with Gasteiger partial charge in [0.05, 0.1) is 23.7 Å². The van der Waals surface area contributed by atoms with Gasteiger partial charge in [0.2, 0.25) is 16.9 Å². The highest BCUT2D eigenvalue weighted by Crippen LogP contribution is 2.33. The van der Waals surface area contributed by atoms with Crippen molar-refractivity contribution in [3.63, 3.8) is 0 Å². The molecule has 0 bridgehead atoms. The number of amides is 1. The van der Waals surface area contributed by atoms with Gasteiger partial charge in [0.1, 0.15) is 5.51 Å². The number of alkyl halides is 3. The summed E-state index contributed by atoms with van der Waals surface area (Å²) in [5, 5.41) is 13.8. The molecule has 0 fully saturated rings. The van der Waals surface area contributed by atoms with Crippen LogP contribution < -0.4 is 10.1 Å². The molecule has 1 N–H and O–H groups in total. The lowest BCUT2D eigenvalue weighted by Crippen LogP contribution is -2.16. The molecule has 2 aromatic heterocycles. The molecule has 1 amide bonds. The predicted molar refractivity (Wildman–Crippen MR) is 92.2 cm³/mol. The maximum Gasteiger partial charge on any atom is 0.435 e. The van der Waals surface area contributed by atoms with Crippen LogP contribution >= 0.6 is 22.9 Å². The van der Waals surface area contributed by atoms with Crippen molar-refractivity contribution in [3.05, 3.63) is 46.6 Å². The van der Waals surface area contributed by atoms with Gasteiger partial charge >= 0.3 is 6.18 Å². The van der Waals surface area contributed by atoms with Crippen LogP contribution in [-0.2, 0) is 11.0 Å². The van der Waals surface area contributed by atoms with Crippen molar-refractivity contribution >= 4 is 34.0 Å². The van der Waals surface area contributed by atoms with Crippen molar-refractivity contribution in [3.8, 4) is 11.6 Å². The largest absolute Gasteiger partial charge is 0.477 e. The Morgan fingerprint density at radius 3 is 2.78 bits per heavy atom. The number of nitrogens with one attached hydrogen (secondary N) is 1. The van der Waals surface area contributed by atoms with Gasteiger partial charge < -0.3 is 10.1 Å². The summed E-state index contributed by atoms with van der Waals surface area (Å²) < 4.78 is 45.4. The van der Waals surface area contributed by atoms with Gasteiger partial charge in [-0.25, -0.2) is 0 Å². The third-order valence-corrected chi connectivity index (χ3v) is 4.16. The van der Waals surface area contributed by atoms with Gasteiger partial charge in [-0.05, 0) is 12.1 Å². The molecule has 2 heterocycles. The zero-order valence-electron chi connectivity index (χ0n) is 13.4. The van der Waals surface area contributed by atoms with E-state index in [9.17, 15) is 18.0 Å². The van der Waals surface area contributed by atoms with Crippen molar-refractivity contribution in [2.24, 2.45) is 0 Å². The summed E-state index contributed by atoms with van der Waals surface area (Å²) in [6, 6.07) is 7.02. The molecule has 142 valence electrons. The smallest absolute Gasteiger partial charge is 0.435 e. The van der Waals surface area contributed by atoms with E-state index in [-0.39, 0.29) is 29.6 Å². The van der Waals surface area contributed by atoms with Crippen molar-refractivity contribution in [2.75, 3.05) is 11.9 Å². The first-order valence-electron chi connectivity index (χ1n) is 7.45. The number of hydrogen-bond acceptors (Lipinski definition) is 6. The molecule has 0 saturated carbocycles. The average molecular weight is 418 g/mol. The van der Waals surface area contributed by atoms with Gasteiger partial charge in [-0.2, -0.15) is 23.0 Å². The van der Waals surface area contributed by atoms with Gasteiger partial charge in [0.25, 0.3) is 0 Å². The monoisotopic (exact) mass is 417 g/mol. The standard InChI is InChI=1S/C15H11ClF3N5O2S/c16-9-3-1-2-4-10(9)24-13(7-11(23-24)15(17,18)19)26-6-5-12(25)21-14-22-20-8-27-14/h1-4,7-8H,5-6H2,(H,21,22,25). The molecule has 7 nitrogen and oxygen atoms in total. The number of rotatable bonds is 6. The van der Waals surface area contributed by atoms with Crippen molar-refractivity contribution in [1.82, 2.24) is 20.0 Å². The Hall–Kier alpha value is -2.66. The molecule has 0 spiro atoms. The van der Waals surface area contributed by atoms with Gasteiger partial charge in [-0.3, -0.25) is 4.79 Å². The number of ether oxygens (including phenoxy) is 1. The summed E-state index contributed by atoms with van der Waals surface area (Å²) in [6.45, 7) is -0.169. The zero-order chi connectivity index (χ0) is 19.4. The van der Waals surface area contributed by atoms with Gasteiger partial charge in [0, 0.05) is 6.07 Å². The maximum absolute atomic E-state index is 13.0. The number of hydrogen-bond donors (Lipinski definition) is 1. The fourth-order valence-electron chi connectivity index (χ4n) is 2.06. The number of halogens is 4. The summed E-state index contributed by atoms with van der Waals surface area (Å²) in [6.07, 6.45) is -4.76. The van der Waals surface area contributed by atoms with Gasteiger partial charge in [-0.15, -0.1) is 10.2 Å². The molecular weight excluding hydrogens is 407 g/mol. The minimum absolute atomic E-state index is 0.103. The second-order valence-electron chi connectivity index (χ2n) is 5.12. The van der Waals surface area contributed by atoms with E-state index in [0.717, 1.165) is 22.1 Å². The van der Waals surface area contributed by atoms with E-state index in [4.69, 9.17) is 16.3 Å². The highest BCUT2D eigenvalue weighted by molar-refractivity contribution is 7.13. The molecule has 0 unspecified atom stereocenters. The number of para-hydroxylation sites is 1. The highest BCUT2D eigenvalue weighted by Gasteiger charge is 2.35. The van der Waals surface area contributed by atoms with Crippen molar-refractivity contribution in [2.45, 2.75) is 12.6 Å². The fourth-order valence-corrected chi connectivity index (χ4v) is 2.74. The van der Waals surface area contributed by atoms with E-state index in [1.165, 1.54) is 17.6 Å². The van der Waals surface area contributed by atoms with Crippen molar-refractivity contribution in [1.29, 1.82) is 0 Å². The second kappa shape index (κ2) is 7.92. The quantitative estimate of drug-likeness (QED) is 0.659. The number of nitrogens with zero attached hydrogens (tertiary/aromatic N) is 4. The van der Waals surface area contributed by atoms with E-state index in [0.29, 0.717) is 5.13 Å². The first-order chi connectivity index (χ1) is 12.8. The SMILES string of the molecule is O=C(CCOc1cc(C(F)(F)F)nn1-c1ccccc1Cl)Nc1nncs1. The molecular formula is C15H11ClF3N5O2S. The Bertz CT molecular complexity index is 930.